The van der Waals surface area contributed by atoms with Gasteiger partial charge in [-0.15, -0.1) is 0 Å². The molecule has 5 rings (SSSR count). The molecule has 0 aliphatic rings. The van der Waals surface area contributed by atoms with Gasteiger partial charge in [0.25, 0.3) is 5.56 Å². The largest absolute Gasteiger partial charge is 0.448 e. The number of furan rings is 1. The van der Waals surface area contributed by atoms with Gasteiger partial charge in [0.15, 0.2) is 0 Å². The Bertz CT molecular complexity index is 1350. The van der Waals surface area contributed by atoms with Crippen molar-refractivity contribution in [2.75, 3.05) is 0 Å². The highest BCUT2D eigenvalue weighted by Gasteiger charge is 2.16. The van der Waals surface area contributed by atoms with Crippen LogP contribution in [-0.2, 0) is 6.54 Å². The lowest BCUT2D eigenvalue weighted by Gasteiger charge is -2.00. The molecule has 0 bridgehead atoms. The predicted octanol–water partition coefficient (Wildman–Crippen LogP) is 3.89. The molecule has 3 aromatic heterocycles. The maximum atomic E-state index is 12.8. The van der Waals surface area contributed by atoms with Crippen molar-refractivity contribution >= 4 is 33.7 Å². The summed E-state index contributed by atoms with van der Waals surface area (Å²) in [5, 5.41) is 5.26. The Kier molecular flexibility index (Phi) is 3.54. The third-order valence-electron chi connectivity index (χ3n) is 4.24. The van der Waals surface area contributed by atoms with E-state index in [0.717, 1.165) is 5.39 Å². The molecule has 5 aromatic rings. The molecule has 0 atom stereocenters. The Hall–Kier alpha value is -3.45. The SMILES string of the molecule is O=c1c2oc3ccccc3c2ncn1Cc1nc(-c2ccccc2Cl)no1. The number of aromatic nitrogens is 4. The zero-order chi connectivity index (χ0) is 18.4. The number of halogens is 1. The summed E-state index contributed by atoms with van der Waals surface area (Å²) in [7, 11) is 0. The van der Waals surface area contributed by atoms with Crippen LogP contribution in [0.25, 0.3) is 33.5 Å². The van der Waals surface area contributed by atoms with E-state index < -0.39 is 0 Å². The lowest BCUT2D eigenvalue weighted by molar-refractivity contribution is 0.369. The van der Waals surface area contributed by atoms with E-state index >= 15 is 0 Å². The third kappa shape index (κ3) is 2.60. The highest BCUT2D eigenvalue weighted by atomic mass is 35.5. The van der Waals surface area contributed by atoms with Gasteiger partial charge >= 0.3 is 0 Å². The van der Waals surface area contributed by atoms with Crippen LogP contribution in [0, 0.1) is 0 Å². The van der Waals surface area contributed by atoms with Crippen molar-refractivity contribution in [2.45, 2.75) is 6.54 Å². The van der Waals surface area contributed by atoms with Crippen LogP contribution in [0.4, 0.5) is 0 Å². The molecule has 0 aliphatic carbocycles. The van der Waals surface area contributed by atoms with Crippen molar-refractivity contribution in [3.8, 4) is 11.4 Å². The van der Waals surface area contributed by atoms with Gasteiger partial charge in [-0.25, -0.2) is 4.98 Å². The van der Waals surface area contributed by atoms with E-state index in [9.17, 15) is 4.79 Å². The van der Waals surface area contributed by atoms with E-state index in [-0.39, 0.29) is 23.6 Å². The van der Waals surface area contributed by atoms with Gasteiger partial charge in [-0.2, -0.15) is 4.98 Å². The van der Waals surface area contributed by atoms with Gasteiger partial charge in [0.05, 0.1) is 11.3 Å². The van der Waals surface area contributed by atoms with Crippen LogP contribution >= 0.6 is 11.6 Å². The Morgan fingerprint density at radius 1 is 1.07 bits per heavy atom. The minimum atomic E-state index is -0.311. The number of benzene rings is 2. The monoisotopic (exact) mass is 378 g/mol. The summed E-state index contributed by atoms with van der Waals surface area (Å²) in [6.45, 7) is 0.0796. The first-order valence-corrected chi connectivity index (χ1v) is 8.52. The molecule has 132 valence electrons. The van der Waals surface area contributed by atoms with Gasteiger partial charge in [0.2, 0.25) is 17.3 Å². The van der Waals surface area contributed by atoms with E-state index in [0.29, 0.717) is 27.5 Å². The summed E-state index contributed by atoms with van der Waals surface area (Å²) in [6.07, 6.45) is 1.45. The summed E-state index contributed by atoms with van der Waals surface area (Å²) >= 11 is 6.16. The van der Waals surface area contributed by atoms with Crippen LogP contribution in [-0.4, -0.2) is 19.7 Å². The van der Waals surface area contributed by atoms with Crippen molar-refractivity contribution in [1.82, 2.24) is 19.7 Å². The molecule has 0 spiro atoms. The highest BCUT2D eigenvalue weighted by molar-refractivity contribution is 6.33. The van der Waals surface area contributed by atoms with E-state index in [4.69, 9.17) is 20.5 Å². The fraction of sp³-hybridized carbons (Fsp3) is 0.0526. The van der Waals surface area contributed by atoms with Crippen LogP contribution < -0.4 is 5.56 Å². The molecule has 0 unspecified atom stereocenters. The summed E-state index contributed by atoms with van der Waals surface area (Å²) in [4.78, 5) is 21.4. The van der Waals surface area contributed by atoms with Crippen LogP contribution in [0.5, 0.6) is 0 Å². The molecule has 0 amide bonds. The highest BCUT2D eigenvalue weighted by Crippen LogP contribution is 2.26. The number of rotatable bonds is 3. The molecule has 27 heavy (non-hydrogen) atoms. The van der Waals surface area contributed by atoms with E-state index in [1.165, 1.54) is 10.9 Å². The molecule has 0 fully saturated rings. The molecule has 2 aromatic carbocycles. The smallest absolute Gasteiger partial charge is 0.297 e. The first kappa shape index (κ1) is 15.8. The van der Waals surface area contributed by atoms with Crippen LogP contribution in [0.1, 0.15) is 5.89 Å². The Balaban J connectivity index is 1.54. The standard InChI is InChI=1S/C19H11ClN4O3/c20-13-7-3-1-5-11(13)18-22-15(27-23-18)9-24-10-21-16-12-6-2-4-8-14(12)26-17(16)19(24)25/h1-8,10H,9H2. The second kappa shape index (κ2) is 6.07. The Morgan fingerprint density at radius 3 is 2.78 bits per heavy atom. The molecule has 0 saturated heterocycles. The van der Waals surface area contributed by atoms with Crippen molar-refractivity contribution in [3.05, 3.63) is 76.1 Å². The van der Waals surface area contributed by atoms with Gasteiger partial charge in [-0.3, -0.25) is 9.36 Å². The van der Waals surface area contributed by atoms with E-state index in [2.05, 4.69) is 15.1 Å². The zero-order valence-corrected chi connectivity index (χ0v) is 14.6. The Morgan fingerprint density at radius 2 is 1.89 bits per heavy atom. The van der Waals surface area contributed by atoms with Crippen LogP contribution in [0.3, 0.4) is 0 Å². The Labute approximate surface area is 156 Å². The third-order valence-corrected chi connectivity index (χ3v) is 4.57. The minimum absolute atomic E-state index is 0.0796. The predicted molar refractivity (Wildman–Crippen MR) is 99.6 cm³/mol. The molecule has 0 radical (unpaired) electrons. The summed E-state index contributed by atoms with van der Waals surface area (Å²) in [5.41, 5.74) is 1.70. The van der Waals surface area contributed by atoms with Crippen molar-refractivity contribution < 1.29 is 8.94 Å². The first-order chi connectivity index (χ1) is 13.2. The molecule has 0 N–H and O–H groups in total. The second-order valence-electron chi connectivity index (χ2n) is 5.95. The fourth-order valence-electron chi connectivity index (χ4n) is 2.94. The van der Waals surface area contributed by atoms with Crippen molar-refractivity contribution in [2.24, 2.45) is 0 Å². The van der Waals surface area contributed by atoms with Crippen LogP contribution in [0.2, 0.25) is 5.02 Å². The quantitative estimate of drug-likeness (QED) is 0.473. The number of fused-ring (bicyclic) bond motifs is 3. The molecular formula is C19H11ClN4O3. The maximum Gasteiger partial charge on any atom is 0.297 e. The topological polar surface area (TPSA) is 87.0 Å². The van der Waals surface area contributed by atoms with Gasteiger partial charge < -0.3 is 8.94 Å². The molecule has 0 aliphatic heterocycles. The number of hydrogen-bond acceptors (Lipinski definition) is 6. The average molecular weight is 379 g/mol. The van der Waals surface area contributed by atoms with Crippen molar-refractivity contribution in [3.63, 3.8) is 0 Å². The van der Waals surface area contributed by atoms with E-state index in [1.807, 2.05) is 30.3 Å². The lowest BCUT2D eigenvalue weighted by atomic mass is 10.2. The minimum Gasteiger partial charge on any atom is -0.448 e. The normalized spacial score (nSPS) is 11.4. The molecule has 3 heterocycles. The molecular weight excluding hydrogens is 368 g/mol. The average Bonchev–Trinajstić information content (AvgIpc) is 3.29. The molecule has 7 nitrogen and oxygen atoms in total. The number of nitrogens with zero attached hydrogens (tertiary/aromatic N) is 4. The fourth-order valence-corrected chi connectivity index (χ4v) is 3.16. The van der Waals surface area contributed by atoms with Gasteiger partial charge in [0, 0.05) is 10.9 Å². The number of hydrogen-bond donors (Lipinski definition) is 0. The summed E-state index contributed by atoms with van der Waals surface area (Å²) in [5.74, 6) is 0.630. The maximum absolute atomic E-state index is 12.8. The second-order valence-corrected chi connectivity index (χ2v) is 6.35. The molecule has 0 saturated carbocycles. The lowest BCUT2D eigenvalue weighted by Crippen LogP contribution is -2.20. The molecule has 8 heteroatoms. The van der Waals surface area contributed by atoms with Crippen molar-refractivity contribution in [1.29, 1.82) is 0 Å². The van der Waals surface area contributed by atoms with E-state index in [1.54, 1.807) is 18.2 Å². The van der Waals surface area contributed by atoms with Gasteiger partial charge in [-0.05, 0) is 24.3 Å². The van der Waals surface area contributed by atoms with Gasteiger partial charge in [-0.1, -0.05) is 41.0 Å². The number of para-hydroxylation sites is 1. The summed E-state index contributed by atoms with van der Waals surface area (Å²) in [6, 6.07) is 14.6. The van der Waals surface area contributed by atoms with Crippen LogP contribution in [0.15, 0.2) is 68.6 Å². The summed E-state index contributed by atoms with van der Waals surface area (Å²) < 4.78 is 12.3. The first-order valence-electron chi connectivity index (χ1n) is 8.15. The van der Waals surface area contributed by atoms with Gasteiger partial charge in [0.1, 0.15) is 17.6 Å². The zero-order valence-electron chi connectivity index (χ0n) is 13.8.